The molecule has 0 bridgehead atoms. The number of hydrogen-bond acceptors (Lipinski definition) is 6. The number of aromatic nitrogens is 1. The molecule has 8 nitrogen and oxygen atoms in total. The Kier molecular flexibility index (Phi) is 6.08. The summed E-state index contributed by atoms with van der Waals surface area (Å²) in [5.41, 5.74) is 1.16. The molecule has 0 aliphatic carbocycles. The lowest BCUT2D eigenvalue weighted by atomic mass is 10.2. The van der Waals surface area contributed by atoms with Crippen molar-refractivity contribution in [2.45, 2.75) is 11.4 Å². The number of carbonyl (C=O) groups is 1. The lowest BCUT2D eigenvalue weighted by Gasteiger charge is -2.22. The molecule has 10 heteroatoms. The van der Waals surface area contributed by atoms with Crippen LogP contribution in [0.5, 0.6) is 11.5 Å². The molecule has 0 atom stereocenters. The minimum absolute atomic E-state index is 0.000145. The maximum Gasteiger partial charge on any atom is 0.245 e. The molecule has 0 saturated carbocycles. The largest absolute Gasteiger partial charge is 0.454 e. The zero-order chi connectivity index (χ0) is 21.8. The van der Waals surface area contributed by atoms with Crippen LogP contribution in [-0.2, 0) is 21.4 Å². The molecule has 2 heterocycles. The van der Waals surface area contributed by atoms with E-state index < -0.39 is 22.5 Å². The van der Waals surface area contributed by atoms with E-state index >= 15 is 0 Å². The number of pyridine rings is 1. The molecular formula is C21H18ClN3O5S. The maximum absolute atomic E-state index is 13.2. The summed E-state index contributed by atoms with van der Waals surface area (Å²) in [6, 6.07) is 14.7. The molecule has 1 aromatic heterocycles. The van der Waals surface area contributed by atoms with Crippen molar-refractivity contribution in [3.8, 4) is 11.5 Å². The minimum atomic E-state index is -3.97. The van der Waals surface area contributed by atoms with E-state index in [0.717, 1.165) is 4.31 Å². The van der Waals surface area contributed by atoms with Crippen molar-refractivity contribution in [2.75, 3.05) is 18.7 Å². The van der Waals surface area contributed by atoms with Crippen LogP contribution >= 0.6 is 11.6 Å². The highest BCUT2D eigenvalue weighted by atomic mass is 35.5. The van der Waals surface area contributed by atoms with Gasteiger partial charge in [0.05, 0.1) is 6.54 Å². The summed E-state index contributed by atoms with van der Waals surface area (Å²) in [7, 11) is -3.97. The fourth-order valence-electron chi connectivity index (χ4n) is 3.00. The van der Waals surface area contributed by atoms with E-state index in [1.165, 1.54) is 24.5 Å². The number of anilines is 1. The number of rotatable bonds is 7. The van der Waals surface area contributed by atoms with E-state index in [9.17, 15) is 13.2 Å². The molecule has 1 aliphatic rings. The second kappa shape index (κ2) is 8.93. The standard InChI is InChI=1S/C21H18ClN3O5S/c22-16-5-3-15(4-6-16)12-25(31(27,28)18-2-1-9-23-11-18)13-21(26)24-17-7-8-19-20(10-17)30-14-29-19/h1-11H,12-14H2,(H,24,26). The van der Waals surface area contributed by atoms with Crippen molar-refractivity contribution >= 4 is 33.2 Å². The highest BCUT2D eigenvalue weighted by Gasteiger charge is 2.27. The van der Waals surface area contributed by atoms with Gasteiger partial charge >= 0.3 is 0 Å². The van der Waals surface area contributed by atoms with Gasteiger partial charge in [0, 0.05) is 35.7 Å². The predicted octanol–water partition coefficient (Wildman–Crippen LogP) is 3.29. The van der Waals surface area contributed by atoms with E-state index in [1.807, 2.05) is 0 Å². The molecule has 4 rings (SSSR count). The molecule has 1 amide bonds. The minimum Gasteiger partial charge on any atom is -0.454 e. The van der Waals surface area contributed by atoms with Gasteiger partial charge in [-0.3, -0.25) is 9.78 Å². The van der Waals surface area contributed by atoms with Gasteiger partial charge in [0.25, 0.3) is 0 Å². The Labute approximate surface area is 184 Å². The number of fused-ring (bicyclic) bond motifs is 1. The Balaban J connectivity index is 1.56. The second-order valence-corrected chi connectivity index (χ2v) is 9.08. The van der Waals surface area contributed by atoms with Crippen molar-refractivity contribution < 1.29 is 22.7 Å². The summed E-state index contributed by atoms with van der Waals surface area (Å²) >= 11 is 5.93. The molecule has 3 aromatic rings. The summed E-state index contributed by atoms with van der Waals surface area (Å²) in [5, 5.41) is 3.24. The van der Waals surface area contributed by atoms with Crippen LogP contribution in [0.25, 0.3) is 0 Å². The summed E-state index contributed by atoms with van der Waals surface area (Å²) in [4.78, 5) is 16.6. The first-order valence-corrected chi connectivity index (χ1v) is 11.1. The average Bonchev–Trinajstić information content (AvgIpc) is 3.23. The average molecular weight is 460 g/mol. The van der Waals surface area contributed by atoms with E-state index in [1.54, 1.807) is 42.5 Å². The molecule has 31 heavy (non-hydrogen) atoms. The molecule has 0 saturated heterocycles. The SMILES string of the molecule is O=C(CN(Cc1ccc(Cl)cc1)S(=O)(=O)c1cccnc1)Nc1ccc2c(c1)OCO2. The van der Waals surface area contributed by atoms with Crippen LogP contribution in [0.4, 0.5) is 5.69 Å². The van der Waals surface area contributed by atoms with Crippen LogP contribution < -0.4 is 14.8 Å². The molecule has 160 valence electrons. The van der Waals surface area contributed by atoms with Gasteiger partial charge in [-0.2, -0.15) is 4.31 Å². The molecule has 1 N–H and O–H groups in total. The molecular weight excluding hydrogens is 442 g/mol. The third-order valence-corrected chi connectivity index (χ3v) is 6.55. The smallest absolute Gasteiger partial charge is 0.245 e. The van der Waals surface area contributed by atoms with E-state index in [-0.39, 0.29) is 18.2 Å². The Morgan fingerprint density at radius 3 is 2.61 bits per heavy atom. The van der Waals surface area contributed by atoms with Gasteiger partial charge in [0.2, 0.25) is 22.7 Å². The Bertz CT molecular complexity index is 1190. The van der Waals surface area contributed by atoms with Gasteiger partial charge in [-0.05, 0) is 42.0 Å². The number of halogens is 1. The predicted molar refractivity (Wildman–Crippen MR) is 114 cm³/mol. The third-order valence-electron chi connectivity index (χ3n) is 4.52. The molecule has 0 fully saturated rings. The van der Waals surface area contributed by atoms with Crippen LogP contribution in [0, 0.1) is 0 Å². The van der Waals surface area contributed by atoms with Crippen molar-refractivity contribution in [1.82, 2.24) is 9.29 Å². The van der Waals surface area contributed by atoms with Crippen molar-refractivity contribution in [3.63, 3.8) is 0 Å². The highest BCUT2D eigenvalue weighted by molar-refractivity contribution is 7.89. The fraction of sp³-hybridized carbons (Fsp3) is 0.143. The highest BCUT2D eigenvalue weighted by Crippen LogP contribution is 2.34. The number of benzene rings is 2. The summed E-state index contributed by atoms with van der Waals surface area (Å²) < 4.78 is 38.0. The number of carbonyl (C=O) groups excluding carboxylic acids is 1. The normalized spacial score (nSPS) is 12.7. The lowest BCUT2D eigenvalue weighted by Crippen LogP contribution is -2.37. The monoisotopic (exact) mass is 459 g/mol. The lowest BCUT2D eigenvalue weighted by molar-refractivity contribution is -0.116. The number of nitrogens with one attached hydrogen (secondary N) is 1. The number of ether oxygens (including phenoxy) is 2. The second-order valence-electron chi connectivity index (χ2n) is 6.70. The number of hydrogen-bond donors (Lipinski definition) is 1. The van der Waals surface area contributed by atoms with Crippen molar-refractivity contribution in [2.24, 2.45) is 0 Å². The van der Waals surface area contributed by atoms with E-state index in [4.69, 9.17) is 21.1 Å². The van der Waals surface area contributed by atoms with Gasteiger partial charge < -0.3 is 14.8 Å². The van der Waals surface area contributed by atoms with E-state index in [0.29, 0.717) is 27.8 Å². The van der Waals surface area contributed by atoms with Crippen LogP contribution in [0.2, 0.25) is 5.02 Å². The van der Waals surface area contributed by atoms with Crippen molar-refractivity contribution in [3.05, 3.63) is 77.6 Å². The van der Waals surface area contributed by atoms with Gasteiger partial charge in [-0.1, -0.05) is 23.7 Å². The first-order valence-electron chi connectivity index (χ1n) is 9.26. The van der Waals surface area contributed by atoms with Gasteiger partial charge in [-0.25, -0.2) is 8.42 Å². The molecule has 0 unspecified atom stereocenters. The fourth-order valence-corrected chi connectivity index (χ4v) is 4.48. The van der Waals surface area contributed by atoms with Gasteiger partial charge in [0.1, 0.15) is 4.90 Å². The molecule has 1 aliphatic heterocycles. The molecule has 0 radical (unpaired) electrons. The van der Waals surface area contributed by atoms with Crippen LogP contribution in [0.1, 0.15) is 5.56 Å². The molecule has 2 aromatic carbocycles. The third kappa shape index (κ3) is 4.96. The first-order chi connectivity index (χ1) is 14.9. The topological polar surface area (TPSA) is 97.8 Å². The number of sulfonamides is 1. The van der Waals surface area contributed by atoms with Gasteiger partial charge in [-0.15, -0.1) is 0 Å². The van der Waals surface area contributed by atoms with Crippen LogP contribution in [-0.4, -0.2) is 37.0 Å². The quantitative estimate of drug-likeness (QED) is 0.582. The summed E-state index contributed by atoms with van der Waals surface area (Å²) in [6.07, 6.45) is 2.73. The van der Waals surface area contributed by atoms with Crippen molar-refractivity contribution in [1.29, 1.82) is 0 Å². The van der Waals surface area contributed by atoms with Crippen LogP contribution in [0.3, 0.4) is 0 Å². The van der Waals surface area contributed by atoms with E-state index in [2.05, 4.69) is 10.3 Å². The maximum atomic E-state index is 13.2. The number of nitrogens with zero attached hydrogens (tertiary/aromatic N) is 2. The Hall–Kier alpha value is -3.14. The zero-order valence-electron chi connectivity index (χ0n) is 16.2. The number of amides is 1. The summed E-state index contributed by atoms with van der Waals surface area (Å²) in [5.74, 6) is 0.598. The van der Waals surface area contributed by atoms with Gasteiger partial charge in [0.15, 0.2) is 11.5 Å². The molecule has 0 spiro atoms. The Morgan fingerprint density at radius 2 is 1.87 bits per heavy atom. The summed E-state index contributed by atoms with van der Waals surface area (Å²) in [6.45, 7) is -0.289. The first kappa shape index (κ1) is 21.1. The van der Waals surface area contributed by atoms with Crippen LogP contribution in [0.15, 0.2) is 71.9 Å². The Morgan fingerprint density at radius 1 is 1.10 bits per heavy atom. The zero-order valence-corrected chi connectivity index (χ0v) is 17.8.